The molecule has 0 bridgehead atoms. The van der Waals surface area contributed by atoms with Gasteiger partial charge in [-0.05, 0) is 12.3 Å². The molecule has 0 spiro atoms. The third kappa shape index (κ3) is 2.19. The fourth-order valence-corrected chi connectivity index (χ4v) is 2.49. The van der Waals surface area contributed by atoms with Crippen molar-refractivity contribution in [3.63, 3.8) is 0 Å². The van der Waals surface area contributed by atoms with Crippen LogP contribution in [-0.4, -0.2) is 24.0 Å². The average molecular weight is 211 g/mol. The molecule has 76 valence electrons. The quantitative estimate of drug-likeness (QED) is 0.717. The summed E-state index contributed by atoms with van der Waals surface area (Å²) >= 11 is 1.51. The van der Waals surface area contributed by atoms with E-state index in [-0.39, 0.29) is 5.78 Å². The SMILES string of the molecule is CC(=O)c1cnc(CC2CCOC2)s1. The lowest BCUT2D eigenvalue weighted by Gasteiger charge is -2.02. The number of Topliss-reactive ketones (excluding diaryl/α,β-unsaturated/α-hetero) is 1. The first kappa shape index (κ1) is 9.80. The third-order valence-electron chi connectivity index (χ3n) is 2.39. The van der Waals surface area contributed by atoms with Gasteiger partial charge in [0.1, 0.15) is 0 Å². The fraction of sp³-hybridized carbons (Fsp3) is 0.600. The number of nitrogens with zero attached hydrogens (tertiary/aromatic N) is 1. The van der Waals surface area contributed by atoms with Crippen LogP contribution >= 0.6 is 11.3 Å². The summed E-state index contributed by atoms with van der Waals surface area (Å²) in [5.41, 5.74) is 0. The number of carbonyl (C=O) groups is 1. The molecule has 14 heavy (non-hydrogen) atoms. The second kappa shape index (κ2) is 4.19. The van der Waals surface area contributed by atoms with E-state index in [0.717, 1.165) is 35.9 Å². The topological polar surface area (TPSA) is 39.2 Å². The summed E-state index contributed by atoms with van der Waals surface area (Å²) in [6, 6.07) is 0. The first-order valence-electron chi connectivity index (χ1n) is 4.79. The lowest BCUT2D eigenvalue weighted by Crippen LogP contribution is -2.02. The van der Waals surface area contributed by atoms with E-state index < -0.39 is 0 Å². The van der Waals surface area contributed by atoms with Gasteiger partial charge in [-0.3, -0.25) is 4.79 Å². The number of ketones is 1. The van der Waals surface area contributed by atoms with Gasteiger partial charge < -0.3 is 4.74 Å². The summed E-state index contributed by atoms with van der Waals surface area (Å²) in [5.74, 6) is 0.706. The van der Waals surface area contributed by atoms with Gasteiger partial charge in [0.05, 0.1) is 9.88 Å². The van der Waals surface area contributed by atoms with Crippen molar-refractivity contribution >= 4 is 17.1 Å². The molecule has 1 saturated heterocycles. The van der Waals surface area contributed by atoms with Crippen LogP contribution in [0.3, 0.4) is 0 Å². The molecule has 1 unspecified atom stereocenters. The van der Waals surface area contributed by atoms with E-state index in [1.807, 2.05) is 0 Å². The van der Waals surface area contributed by atoms with Crippen LogP contribution in [0.1, 0.15) is 28.0 Å². The molecule has 1 aliphatic heterocycles. The number of rotatable bonds is 3. The second-order valence-electron chi connectivity index (χ2n) is 3.61. The first-order valence-corrected chi connectivity index (χ1v) is 5.60. The molecule has 1 aliphatic rings. The molecule has 0 aliphatic carbocycles. The molecule has 4 heteroatoms. The second-order valence-corrected chi connectivity index (χ2v) is 4.72. The van der Waals surface area contributed by atoms with Gasteiger partial charge in [-0.1, -0.05) is 0 Å². The summed E-state index contributed by atoms with van der Waals surface area (Å²) in [6.07, 6.45) is 3.76. The number of ether oxygens (including phenoxy) is 1. The fourth-order valence-electron chi connectivity index (χ4n) is 1.56. The van der Waals surface area contributed by atoms with Crippen LogP contribution in [0.25, 0.3) is 0 Å². The van der Waals surface area contributed by atoms with Gasteiger partial charge in [0.15, 0.2) is 5.78 Å². The lowest BCUT2D eigenvalue weighted by atomic mass is 10.1. The minimum atomic E-state index is 0.108. The molecule has 0 aromatic carbocycles. The smallest absolute Gasteiger partial charge is 0.171 e. The predicted molar refractivity (Wildman–Crippen MR) is 54.7 cm³/mol. The Kier molecular flexibility index (Phi) is 2.93. The van der Waals surface area contributed by atoms with Gasteiger partial charge in [0.25, 0.3) is 0 Å². The first-order chi connectivity index (χ1) is 6.75. The summed E-state index contributed by atoms with van der Waals surface area (Å²) in [4.78, 5) is 16.0. The Balaban J connectivity index is 1.98. The normalized spacial score (nSPS) is 21.4. The van der Waals surface area contributed by atoms with E-state index in [0.29, 0.717) is 5.92 Å². The highest BCUT2D eigenvalue weighted by molar-refractivity contribution is 7.13. The van der Waals surface area contributed by atoms with Crippen LogP contribution in [0, 0.1) is 5.92 Å². The van der Waals surface area contributed by atoms with Crippen molar-refractivity contribution < 1.29 is 9.53 Å². The van der Waals surface area contributed by atoms with E-state index in [9.17, 15) is 4.79 Å². The van der Waals surface area contributed by atoms with Gasteiger partial charge in [0, 0.05) is 32.8 Å². The minimum Gasteiger partial charge on any atom is -0.381 e. The Labute approximate surface area is 87.1 Å². The molecule has 0 amide bonds. The van der Waals surface area contributed by atoms with Crippen LogP contribution in [0.4, 0.5) is 0 Å². The zero-order valence-electron chi connectivity index (χ0n) is 8.16. The zero-order valence-corrected chi connectivity index (χ0v) is 8.97. The number of hydrogen-bond acceptors (Lipinski definition) is 4. The Bertz CT molecular complexity index is 329. The summed E-state index contributed by atoms with van der Waals surface area (Å²) < 4.78 is 5.29. The molecular formula is C10H13NO2S. The number of carbonyl (C=O) groups excluding carboxylic acids is 1. The van der Waals surface area contributed by atoms with Crippen LogP contribution in [0.2, 0.25) is 0 Å². The molecule has 0 saturated carbocycles. The van der Waals surface area contributed by atoms with Crippen molar-refractivity contribution in [2.24, 2.45) is 5.92 Å². The van der Waals surface area contributed by atoms with Gasteiger partial charge in [-0.2, -0.15) is 0 Å². The Hall–Kier alpha value is -0.740. The van der Waals surface area contributed by atoms with Crippen molar-refractivity contribution in [3.05, 3.63) is 16.1 Å². The molecule has 0 N–H and O–H groups in total. The highest BCUT2D eigenvalue weighted by atomic mass is 32.1. The molecule has 1 atom stereocenters. The van der Waals surface area contributed by atoms with Gasteiger partial charge in [-0.25, -0.2) is 4.98 Å². The molecule has 2 rings (SSSR count). The van der Waals surface area contributed by atoms with Crippen LogP contribution < -0.4 is 0 Å². The monoisotopic (exact) mass is 211 g/mol. The zero-order chi connectivity index (χ0) is 9.97. The van der Waals surface area contributed by atoms with E-state index in [1.165, 1.54) is 11.3 Å². The minimum absolute atomic E-state index is 0.108. The van der Waals surface area contributed by atoms with Crippen molar-refractivity contribution in [3.8, 4) is 0 Å². The molecule has 2 heterocycles. The number of hydrogen-bond donors (Lipinski definition) is 0. The summed E-state index contributed by atoms with van der Waals surface area (Å²) in [7, 11) is 0. The summed E-state index contributed by atoms with van der Waals surface area (Å²) in [5, 5.41) is 1.06. The van der Waals surface area contributed by atoms with Crippen molar-refractivity contribution in [2.75, 3.05) is 13.2 Å². The Morgan fingerprint density at radius 3 is 3.21 bits per heavy atom. The van der Waals surface area contributed by atoms with Crippen molar-refractivity contribution in [2.45, 2.75) is 19.8 Å². The Morgan fingerprint density at radius 1 is 1.79 bits per heavy atom. The van der Waals surface area contributed by atoms with Crippen molar-refractivity contribution in [1.82, 2.24) is 4.98 Å². The van der Waals surface area contributed by atoms with Crippen molar-refractivity contribution in [1.29, 1.82) is 0 Å². The van der Waals surface area contributed by atoms with E-state index in [1.54, 1.807) is 13.1 Å². The van der Waals surface area contributed by atoms with Gasteiger partial charge in [0.2, 0.25) is 0 Å². The van der Waals surface area contributed by atoms with Crippen LogP contribution in [-0.2, 0) is 11.2 Å². The number of thiazole rings is 1. The standard InChI is InChI=1S/C10H13NO2S/c1-7(12)9-5-11-10(14-9)4-8-2-3-13-6-8/h5,8H,2-4,6H2,1H3. The van der Waals surface area contributed by atoms with Crippen LogP contribution in [0.5, 0.6) is 0 Å². The number of aromatic nitrogens is 1. The van der Waals surface area contributed by atoms with E-state index in [4.69, 9.17) is 4.74 Å². The maximum absolute atomic E-state index is 11.0. The summed E-state index contributed by atoms with van der Waals surface area (Å²) in [6.45, 7) is 3.29. The average Bonchev–Trinajstić information content (AvgIpc) is 2.75. The third-order valence-corrected chi connectivity index (χ3v) is 3.51. The maximum Gasteiger partial charge on any atom is 0.171 e. The largest absolute Gasteiger partial charge is 0.381 e. The molecular weight excluding hydrogens is 198 g/mol. The maximum atomic E-state index is 11.0. The Morgan fingerprint density at radius 2 is 2.64 bits per heavy atom. The molecule has 1 aromatic rings. The van der Waals surface area contributed by atoms with E-state index >= 15 is 0 Å². The van der Waals surface area contributed by atoms with Gasteiger partial charge >= 0.3 is 0 Å². The van der Waals surface area contributed by atoms with Crippen LogP contribution in [0.15, 0.2) is 6.20 Å². The lowest BCUT2D eigenvalue weighted by molar-refractivity contribution is 0.102. The van der Waals surface area contributed by atoms with Gasteiger partial charge in [-0.15, -0.1) is 11.3 Å². The molecule has 1 aromatic heterocycles. The molecule has 0 radical (unpaired) electrons. The highest BCUT2D eigenvalue weighted by Gasteiger charge is 2.18. The van der Waals surface area contributed by atoms with E-state index in [2.05, 4.69) is 4.98 Å². The molecule has 1 fully saturated rings. The highest BCUT2D eigenvalue weighted by Crippen LogP contribution is 2.21. The molecule has 3 nitrogen and oxygen atoms in total. The predicted octanol–water partition coefficient (Wildman–Crippen LogP) is 1.92.